The Morgan fingerprint density at radius 1 is 1.35 bits per heavy atom. The zero-order valence-corrected chi connectivity index (χ0v) is 12.2. The first-order valence-corrected chi connectivity index (χ1v) is 7.83. The Balaban J connectivity index is 1.54. The minimum Gasteiger partial charge on any atom is -0.384 e. The highest BCUT2D eigenvalue weighted by Crippen LogP contribution is 2.30. The van der Waals surface area contributed by atoms with Gasteiger partial charge in [0, 0.05) is 18.8 Å². The van der Waals surface area contributed by atoms with E-state index < -0.39 is 0 Å². The van der Waals surface area contributed by atoms with Crippen molar-refractivity contribution in [1.29, 1.82) is 0 Å². The second kappa shape index (κ2) is 5.86. The van der Waals surface area contributed by atoms with Crippen molar-refractivity contribution in [2.75, 3.05) is 18.4 Å². The van der Waals surface area contributed by atoms with Crippen molar-refractivity contribution in [3.63, 3.8) is 0 Å². The maximum atomic E-state index is 12.3. The van der Waals surface area contributed by atoms with E-state index in [4.69, 9.17) is 0 Å². The Bertz CT molecular complexity index is 486. The fourth-order valence-electron chi connectivity index (χ4n) is 3.53. The second-order valence-electron chi connectivity index (χ2n) is 6.35. The molecule has 1 aliphatic carbocycles. The Morgan fingerprint density at radius 3 is 3.00 bits per heavy atom. The number of fused-ring (bicyclic) bond motifs is 1. The smallest absolute Gasteiger partial charge is 0.225 e. The van der Waals surface area contributed by atoms with Gasteiger partial charge in [-0.25, -0.2) is 0 Å². The molecule has 20 heavy (non-hydrogen) atoms. The Labute approximate surface area is 121 Å². The molecule has 1 aromatic carbocycles. The molecule has 3 unspecified atom stereocenters. The second-order valence-corrected chi connectivity index (χ2v) is 6.35. The van der Waals surface area contributed by atoms with Crippen LogP contribution in [0.1, 0.15) is 31.7 Å². The Hall–Kier alpha value is -1.51. The molecule has 1 fully saturated rings. The van der Waals surface area contributed by atoms with Gasteiger partial charge in [0.25, 0.3) is 0 Å². The van der Waals surface area contributed by atoms with E-state index in [1.807, 2.05) is 12.1 Å². The predicted octanol–water partition coefficient (Wildman–Crippen LogP) is 2.82. The molecule has 3 atom stereocenters. The summed E-state index contributed by atoms with van der Waals surface area (Å²) in [6.07, 6.45) is 4.77. The number of carbonyl (C=O) groups excluding carboxylic acids is 1. The molecule has 3 heteroatoms. The van der Waals surface area contributed by atoms with Crippen molar-refractivity contribution < 1.29 is 4.79 Å². The molecule has 3 rings (SSSR count). The van der Waals surface area contributed by atoms with Gasteiger partial charge in [0.15, 0.2) is 0 Å². The molecule has 1 saturated carbocycles. The van der Waals surface area contributed by atoms with Crippen LogP contribution in [0.5, 0.6) is 0 Å². The van der Waals surface area contributed by atoms with Gasteiger partial charge in [-0.1, -0.05) is 38.0 Å². The largest absolute Gasteiger partial charge is 0.384 e. The average molecular weight is 272 g/mol. The molecule has 1 amide bonds. The molecular weight excluding hydrogens is 248 g/mol. The van der Waals surface area contributed by atoms with Crippen LogP contribution < -0.4 is 10.6 Å². The van der Waals surface area contributed by atoms with Gasteiger partial charge in [-0.3, -0.25) is 4.79 Å². The fraction of sp³-hybridized carbons (Fsp3) is 0.588. The number of anilines is 1. The van der Waals surface area contributed by atoms with E-state index in [0.717, 1.165) is 25.4 Å². The first kappa shape index (κ1) is 13.5. The minimum atomic E-state index is 0.0709. The first-order chi connectivity index (χ1) is 9.74. The number of hydrogen-bond acceptors (Lipinski definition) is 2. The fourth-order valence-corrected chi connectivity index (χ4v) is 3.53. The van der Waals surface area contributed by atoms with E-state index in [1.165, 1.54) is 30.5 Å². The van der Waals surface area contributed by atoms with E-state index >= 15 is 0 Å². The summed E-state index contributed by atoms with van der Waals surface area (Å²) in [7, 11) is 0. The summed E-state index contributed by atoms with van der Waals surface area (Å²) in [6.45, 7) is 3.92. The molecule has 1 aliphatic heterocycles. The van der Waals surface area contributed by atoms with Crippen molar-refractivity contribution in [2.24, 2.45) is 17.8 Å². The molecule has 1 heterocycles. The van der Waals surface area contributed by atoms with Crippen LogP contribution in [0.2, 0.25) is 0 Å². The molecule has 1 aromatic rings. The summed E-state index contributed by atoms with van der Waals surface area (Å²) >= 11 is 0. The number of amides is 1. The molecule has 108 valence electrons. The number of hydrogen-bond donors (Lipinski definition) is 2. The summed E-state index contributed by atoms with van der Waals surface area (Å²) in [4.78, 5) is 12.3. The predicted molar refractivity (Wildman–Crippen MR) is 81.6 cm³/mol. The van der Waals surface area contributed by atoms with Crippen LogP contribution in [0, 0.1) is 17.8 Å². The highest BCUT2D eigenvalue weighted by Gasteiger charge is 2.27. The summed E-state index contributed by atoms with van der Waals surface area (Å²) in [5, 5.41) is 6.55. The van der Waals surface area contributed by atoms with E-state index in [9.17, 15) is 4.79 Å². The third-order valence-electron chi connectivity index (χ3n) is 4.97. The summed E-state index contributed by atoms with van der Waals surface area (Å²) < 4.78 is 0. The zero-order chi connectivity index (χ0) is 13.9. The highest BCUT2D eigenvalue weighted by atomic mass is 16.1. The van der Waals surface area contributed by atoms with Gasteiger partial charge in [0.1, 0.15) is 0 Å². The number of carbonyl (C=O) groups is 1. The van der Waals surface area contributed by atoms with Crippen LogP contribution in [-0.4, -0.2) is 19.0 Å². The third-order valence-corrected chi connectivity index (χ3v) is 4.97. The third kappa shape index (κ3) is 2.82. The summed E-state index contributed by atoms with van der Waals surface area (Å²) in [5.74, 6) is 1.73. The molecule has 0 aromatic heterocycles. The molecule has 0 spiro atoms. The van der Waals surface area contributed by atoms with Crippen LogP contribution in [0.25, 0.3) is 0 Å². The lowest BCUT2D eigenvalue weighted by atomic mass is 9.92. The number of para-hydroxylation sites is 1. The van der Waals surface area contributed by atoms with Crippen LogP contribution in [-0.2, 0) is 11.2 Å². The monoisotopic (exact) mass is 272 g/mol. The van der Waals surface area contributed by atoms with Crippen molar-refractivity contribution in [1.82, 2.24) is 5.32 Å². The molecule has 0 saturated heterocycles. The van der Waals surface area contributed by atoms with Crippen molar-refractivity contribution in [3.8, 4) is 0 Å². The van der Waals surface area contributed by atoms with Gasteiger partial charge in [-0.05, 0) is 36.3 Å². The van der Waals surface area contributed by atoms with Crippen molar-refractivity contribution in [2.45, 2.75) is 32.6 Å². The lowest BCUT2D eigenvalue weighted by Crippen LogP contribution is -2.40. The van der Waals surface area contributed by atoms with E-state index in [0.29, 0.717) is 5.92 Å². The Morgan fingerprint density at radius 2 is 2.20 bits per heavy atom. The zero-order valence-electron chi connectivity index (χ0n) is 12.2. The van der Waals surface area contributed by atoms with Gasteiger partial charge >= 0.3 is 0 Å². The molecule has 2 N–H and O–H groups in total. The van der Waals surface area contributed by atoms with E-state index in [-0.39, 0.29) is 11.8 Å². The minimum absolute atomic E-state index is 0.0709. The number of rotatable bonds is 3. The molecular formula is C17H24N2O. The maximum Gasteiger partial charge on any atom is 0.225 e. The van der Waals surface area contributed by atoms with Crippen LogP contribution in [0.3, 0.4) is 0 Å². The van der Waals surface area contributed by atoms with Gasteiger partial charge in [0.2, 0.25) is 5.91 Å². The van der Waals surface area contributed by atoms with Gasteiger partial charge in [-0.2, -0.15) is 0 Å². The van der Waals surface area contributed by atoms with Crippen LogP contribution in [0.15, 0.2) is 24.3 Å². The quantitative estimate of drug-likeness (QED) is 0.888. The summed E-state index contributed by atoms with van der Waals surface area (Å²) in [6, 6.07) is 8.28. The van der Waals surface area contributed by atoms with E-state index in [2.05, 4.69) is 29.7 Å². The van der Waals surface area contributed by atoms with Crippen LogP contribution in [0.4, 0.5) is 5.69 Å². The number of benzene rings is 1. The average Bonchev–Trinajstić information content (AvgIpc) is 2.89. The van der Waals surface area contributed by atoms with Crippen molar-refractivity contribution in [3.05, 3.63) is 29.8 Å². The molecule has 0 radical (unpaired) electrons. The lowest BCUT2D eigenvalue weighted by molar-refractivity contribution is -0.124. The topological polar surface area (TPSA) is 41.1 Å². The van der Waals surface area contributed by atoms with Gasteiger partial charge in [0.05, 0.1) is 5.92 Å². The maximum absolute atomic E-state index is 12.3. The summed E-state index contributed by atoms with van der Waals surface area (Å²) in [5.41, 5.74) is 2.44. The normalized spacial score (nSPS) is 28.6. The molecule has 0 bridgehead atoms. The SMILES string of the molecule is CC1CCCC1CNC(=O)C1CNc2ccccc2C1. The standard InChI is InChI=1S/C17H24N2O/c1-12-5-4-7-14(12)10-19-17(20)15-9-13-6-2-3-8-16(13)18-11-15/h2-3,6,8,12,14-15,18H,4-5,7,9-11H2,1H3,(H,19,20). The van der Waals surface area contributed by atoms with E-state index in [1.54, 1.807) is 0 Å². The molecule has 3 nitrogen and oxygen atoms in total. The van der Waals surface area contributed by atoms with Crippen molar-refractivity contribution >= 4 is 11.6 Å². The van der Waals surface area contributed by atoms with Crippen LogP contribution >= 0.6 is 0 Å². The Kier molecular flexibility index (Phi) is 3.95. The molecule has 2 aliphatic rings. The first-order valence-electron chi connectivity index (χ1n) is 7.83. The van der Waals surface area contributed by atoms with Gasteiger partial charge < -0.3 is 10.6 Å². The van der Waals surface area contributed by atoms with Gasteiger partial charge in [-0.15, -0.1) is 0 Å². The lowest BCUT2D eigenvalue weighted by Gasteiger charge is -2.26. The number of nitrogens with one attached hydrogen (secondary N) is 2. The highest BCUT2D eigenvalue weighted by molar-refractivity contribution is 5.80.